The lowest BCUT2D eigenvalue weighted by molar-refractivity contribution is 0.364. The average Bonchev–Trinajstić information content (AvgIpc) is 2.77. The van der Waals surface area contributed by atoms with Crippen LogP contribution in [0, 0.1) is 17.7 Å². The smallest absolute Gasteiger partial charge is 0.126 e. The SMILES string of the molecule is CNC(Cc1cc(Br)ccc1F)C1CCC(C)C1. The molecule has 0 saturated heterocycles. The molecule has 0 bridgehead atoms. The van der Waals surface area contributed by atoms with Crippen molar-refractivity contribution < 1.29 is 4.39 Å². The first-order valence-electron chi connectivity index (χ1n) is 6.71. The Labute approximate surface area is 117 Å². The van der Waals surface area contributed by atoms with Gasteiger partial charge in [0.05, 0.1) is 0 Å². The zero-order chi connectivity index (χ0) is 13.1. The summed E-state index contributed by atoms with van der Waals surface area (Å²) in [5, 5.41) is 3.38. The van der Waals surface area contributed by atoms with Crippen molar-refractivity contribution in [1.29, 1.82) is 0 Å². The minimum absolute atomic E-state index is 0.0931. The van der Waals surface area contributed by atoms with Crippen LogP contribution in [0.5, 0.6) is 0 Å². The Hall–Kier alpha value is -0.410. The van der Waals surface area contributed by atoms with E-state index in [-0.39, 0.29) is 5.82 Å². The molecule has 3 heteroatoms. The fourth-order valence-electron chi connectivity index (χ4n) is 3.06. The van der Waals surface area contributed by atoms with Crippen molar-refractivity contribution in [2.24, 2.45) is 11.8 Å². The summed E-state index contributed by atoms with van der Waals surface area (Å²) in [4.78, 5) is 0. The van der Waals surface area contributed by atoms with Gasteiger partial charge in [-0.25, -0.2) is 4.39 Å². The number of likely N-dealkylation sites (N-methyl/N-ethyl adjacent to an activating group) is 1. The first-order chi connectivity index (χ1) is 8.60. The predicted molar refractivity (Wildman–Crippen MR) is 77.2 cm³/mol. The van der Waals surface area contributed by atoms with E-state index in [1.165, 1.54) is 19.3 Å². The van der Waals surface area contributed by atoms with E-state index in [1.807, 2.05) is 13.1 Å². The van der Waals surface area contributed by atoms with Crippen molar-refractivity contribution in [3.63, 3.8) is 0 Å². The second-order valence-electron chi connectivity index (χ2n) is 5.51. The van der Waals surface area contributed by atoms with E-state index in [0.29, 0.717) is 12.0 Å². The Bertz CT molecular complexity index is 407. The van der Waals surface area contributed by atoms with Gasteiger partial charge in [-0.2, -0.15) is 0 Å². The van der Waals surface area contributed by atoms with Crippen molar-refractivity contribution in [3.05, 3.63) is 34.1 Å². The van der Waals surface area contributed by atoms with Crippen molar-refractivity contribution >= 4 is 15.9 Å². The normalized spacial score (nSPS) is 25.3. The van der Waals surface area contributed by atoms with E-state index in [1.54, 1.807) is 12.1 Å². The lowest BCUT2D eigenvalue weighted by Gasteiger charge is -2.23. The Kier molecular flexibility index (Phi) is 4.79. The van der Waals surface area contributed by atoms with Gasteiger partial charge in [0.25, 0.3) is 0 Å². The highest BCUT2D eigenvalue weighted by atomic mass is 79.9. The van der Waals surface area contributed by atoms with Crippen molar-refractivity contribution in [1.82, 2.24) is 5.32 Å². The average molecular weight is 314 g/mol. The summed E-state index contributed by atoms with van der Waals surface area (Å²) in [5.41, 5.74) is 0.809. The number of hydrogen-bond acceptors (Lipinski definition) is 1. The second-order valence-corrected chi connectivity index (χ2v) is 6.43. The summed E-state index contributed by atoms with van der Waals surface area (Å²) in [6, 6.07) is 5.59. The molecule has 2 rings (SSSR count). The Morgan fingerprint density at radius 1 is 1.44 bits per heavy atom. The van der Waals surface area contributed by atoms with E-state index in [4.69, 9.17) is 0 Å². The van der Waals surface area contributed by atoms with E-state index in [0.717, 1.165) is 22.4 Å². The van der Waals surface area contributed by atoms with E-state index < -0.39 is 0 Å². The molecule has 1 aromatic carbocycles. The number of nitrogens with one attached hydrogen (secondary N) is 1. The summed E-state index contributed by atoms with van der Waals surface area (Å²) in [6.45, 7) is 2.31. The van der Waals surface area contributed by atoms with Gasteiger partial charge >= 0.3 is 0 Å². The van der Waals surface area contributed by atoms with Gasteiger partial charge in [0, 0.05) is 10.5 Å². The minimum Gasteiger partial charge on any atom is -0.316 e. The zero-order valence-electron chi connectivity index (χ0n) is 11.0. The van der Waals surface area contributed by atoms with E-state index in [2.05, 4.69) is 28.2 Å². The molecule has 1 aliphatic carbocycles. The van der Waals surface area contributed by atoms with Crippen LogP contribution in [0.25, 0.3) is 0 Å². The van der Waals surface area contributed by atoms with Crippen LogP contribution >= 0.6 is 15.9 Å². The fraction of sp³-hybridized carbons (Fsp3) is 0.600. The lowest BCUT2D eigenvalue weighted by atomic mass is 9.91. The van der Waals surface area contributed by atoms with Crippen LogP contribution in [0.2, 0.25) is 0 Å². The van der Waals surface area contributed by atoms with Gasteiger partial charge < -0.3 is 5.32 Å². The molecule has 0 aromatic heterocycles. The molecule has 1 saturated carbocycles. The van der Waals surface area contributed by atoms with Gasteiger partial charge in [0.2, 0.25) is 0 Å². The molecule has 0 amide bonds. The zero-order valence-corrected chi connectivity index (χ0v) is 12.6. The number of hydrogen-bond donors (Lipinski definition) is 1. The Morgan fingerprint density at radius 3 is 2.83 bits per heavy atom. The van der Waals surface area contributed by atoms with Gasteiger partial charge in [-0.3, -0.25) is 0 Å². The molecule has 3 atom stereocenters. The summed E-state index contributed by atoms with van der Waals surface area (Å²) in [5.74, 6) is 1.41. The van der Waals surface area contributed by atoms with Crippen molar-refractivity contribution in [3.8, 4) is 0 Å². The molecule has 3 unspecified atom stereocenters. The fourth-order valence-corrected chi connectivity index (χ4v) is 3.47. The molecular weight excluding hydrogens is 293 g/mol. The van der Waals surface area contributed by atoms with Gasteiger partial charge in [-0.05, 0) is 61.9 Å². The molecule has 0 heterocycles. The number of rotatable bonds is 4. The van der Waals surface area contributed by atoms with Crippen LogP contribution in [0.1, 0.15) is 31.7 Å². The first-order valence-corrected chi connectivity index (χ1v) is 7.50. The molecule has 0 radical (unpaired) electrons. The van der Waals surface area contributed by atoms with Crippen LogP contribution in [0.15, 0.2) is 22.7 Å². The molecule has 1 fully saturated rings. The number of halogens is 2. The quantitative estimate of drug-likeness (QED) is 0.880. The largest absolute Gasteiger partial charge is 0.316 e. The van der Waals surface area contributed by atoms with Crippen LogP contribution in [-0.2, 0) is 6.42 Å². The Morgan fingerprint density at radius 2 is 2.22 bits per heavy atom. The van der Waals surface area contributed by atoms with E-state index >= 15 is 0 Å². The van der Waals surface area contributed by atoms with Crippen LogP contribution in [0.3, 0.4) is 0 Å². The lowest BCUT2D eigenvalue weighted by Crippen LogP contribution is -2.34. The Balaban J connectivity index is 2.08. The molecule has 100 valence electrons. The molecule has 0 spiro atoms. The summed E-state index contributed by atoms with van der Waals surface area (Å²) >= 11 is 3.41. The summed E-state index contributed by atoms with van der Waals surface area (Å²) < 4.78 is 14.7. The van der Waals surface area contributed by atoms with Gasteiger partial charge in [0.15, 0.2) is 0 Å². The third kappa shape index (κ3) is 3.33. The molecule has 1 aromatic rings. The maximum Gasteiger partial charge on any atom is 0.126 e. The molecule has 18 heavy (non-hydrogen) atoms. The third-order valence-corrected chi connectivity index (χ3v) is 4.62. The number of benzene rings is 1. The third-order valence-electron chi connectivity index (χ3n) is 4.12. The van der Waals surface area contributed by atoms with E-state index in [9.17, 15) is 4.39 Å². The second kappa shape index (κ2) is 6.16. The van der Waals surface area contributed by atoms with Crippen molar-refractivity contribution in [2.45, 2.75) is 38.6 Å². The highest BCUT2D eigenvalue weighted by Crippen LogP contribution is 2.34. The van der Waals surface area contributed by atoms with Gasteiger partial charge in [0.1, 0.15) is 5.82 Å². The highest BCUT2D eigenvalue weighted by Gasteiger charge is 2.28. The molecule has 1 nitrogen and oxygen atoms in total. The van der Waals surface area contributed by atoms with Crippen molar-refractivity contribution in [2.75, 3.05) is 7.05 Å². The minimum atomic E-state index is -0.0931. The monoisotopic (exact) mass is 313 g/mol. The molecular formula is C15H21BrFN. The maximum absolute atomic E-state index is 13.8. The van der Waals surface area contributed by atoms with Crippen LogP contribution in [0.4, 0.5) is 4.39 Å². The summed E-state index contributed by atoms with van der Waals surface area (Å²) in [7, 11) is 1.99. The first kappa shape index (κ1) is 14.0. The topological polar surface area (TPSA) is 12.0 Å². The van der Waals surface area contributed by atoms with Crippen LogP contribution < -0.4 is 5.32 Å². The van der Waals surface area contributed by atoms with Crippen LogP contribution in [-0.4, -0.2) is 13.1 Å². The standard InChI is InChI=1S/C15H21BrFN/c1-10-3-4-11(7-10)15(18-2)9-12-8-13(16)5-6-14(12)17/h5-6,8,10-11,15,18H,3-4,7,9H2,1-2H3. The maximum atomic E-state index is 13.8. The van der Waals surface area contributed by atoms with Gasteiger partial charge in [-0.15, -0.1) is 0 Å². The predicted octanol–water partition coefficient (Wildman–Crippen LogP) is 4.15. The molecule has 1 aliphatic rings. The van der Waals surface area contributed by atoms with Gasteiger partial charge in [-0.1, -0.05) is 29.3 Å². The molecule has 1 N–H and O–H groups in total. The highest BCUT2D eigenvalue weighted by molar-refractivity contribution is 9.10. The molecule has 0 aliphatic heterocycles. The summed E-state index contributed by atoms with van der Waals surface area (Å²) in [6.07, 6.45) is 4.62.